The van der Waals surface area contributed by atoms with E-state index in [0.717, 1.165) is 58.9 Å². The molecule has 2 saturated heterocycles. The number of rotatable bonds is 6. The maximum Gasteiger partial charge on any atom is 0.228 e. The molecule has 0 aliphatic carbocycles. The molecule has 19 heavy (non-hydrogen) atoms. The first-order chi connectivity index (χ1) is 9.26. The second-order valence-corrected chi connectivity index (χ2v) is 5.43. The van der Waals surface area contributed by atoms with Crippen molar-refractivity contribution < 1.29 is 9.53 Å². The normalized spacial score (nSPS) is 25.4. The summed E-state index contributed by atoms with van der Waals surface area (Å²) in [6, 6.07) is 0.492. The van der Waals surface area contributed by atoms with Gasteiger partial charge in [0.25, 0.3) is 0 Å². The van der Waals surface area contributed by atoms with Gasteiger partial charge in [0.15, 0.2) is 0 Å². The fourth-order valence-electron chi connectivity index (χ4n) is 2.82. The van der Waals surface area contributed by atoms with Crippen LogP contribution in [0.25, 0.3) is 0 Å². The number of amides is 1. The molecule has 0 aromatic carbocycles. The standard InChI is InChI=1S/C14H27N3O2/c1-3-13-11-17(14(18)12-9-15-10-12)6-5-16(13)7-8-19-4-2/h12-13,15H,3-11H2,1-2H3. The molecule has 2 aliphatic rings. The summed E-state index contributed by atoms with van der Waals surface area (Å²) < 4.78 is 5.44. The van der Waals surface area contributed by atoms with E-state index in [1.165, 1.54) is 0 Å². The van der Waals surface area contributed by atoms with Crippen LogP contribution in [0, 0.1) is 5.92 Å². The molecule has 1 atom stereocenters. The Morgan fingerprint density at radius 2 is 2.11 bits per heavy atom. The molecule has 5 nitrogen and oxygen atoms in total. The van der Waals surface area contributed by atoms with Gasteiger partial charge in [-0.05, 0) is 13.3 Å². The molecule has 5 heteroatoms. The quantitative estimate of drug-likeness (QED) is 0.698. The Kier molecular flexibility index (Phi) is 5.60. The molecule has 1 unspecified atom stereocenters. The van der Waals surface area contributed by atoms with Crippen LogP contribution in [-0.4, -0.2) is 74.2 Å². The molecule has 2 rings (SSSR count). The van der Waals surface area contributed by atoms with Crippen LogP contribution in [-0.2, 0) is 9.53 Å². The molecule has 2 aliphatic heterocycles. The Labute approximate surface area is 116 Å². The number of carbonyl (C=O) groups is 1. The number of hydrogen-bond donors (Lipinski definition) is 1. The molecule has 1 amide bonds. The molecular weight excluding hydrogens is 242 g/mol. The predicted octanol–water partition coefficient (Wildman–Crippen LogP) is 0.165. The van der Waals surface area contributed by atoms with E-state index in [9.17, 15) is 4.79 Å². The molecule has 0 spiro atoms. The van der Waals surface area contributed by atoms with Crippen LogP contribution in [0.5, 0.6) is 0 Å². The van der Waals surface area contributed by atoms with Gasteiger partial charge < -0.3 is 15.0 Å². The first kappa shape index (κ1) is 14.8. The third kappa shape index (κ3) is 3.68. The minimum Gasteiger partial charge on any atom is -0.380 e. The van der Waals surface area contributed by atoms with Gasteiger partial charge in [-0.25, -0.2) is 0 Å². The second-order valence-electron chi connectivity index (χ2n) is 5.43. The van der Waals surface area contributed by atoms with Gasteiger partial charge in [0, 0.05) is 51.9 Å². The zero-order valence-corrected chi connectivity index (χ0v) is 12.2. The Bertz CT molecular complexity index is 294. The smallest absolute Gasteiger partial charge is 0.228 e. The maximum absolute atomic E-state index is 12.3. The predicted molar refractivity (Wildman–Crippen MR) is 75.1 cm³/mol. The summed E-state index contributed by atoms with van der Waals surface area (Å²) in [6.45, 7) is 11.3. The lowest BCUT2D eigenvalue weighted by Crippen LogP contribution is -2.59. The fourth-order valence-corrected chi connectivity index (χ4v) is 2.82. The van der Waals surface area contributed by atoms with Crippen molar-refractivity contribution in [3.63, 3.8) is 0 Å². The van der Waals surface area contributed by atoms with E-state index < -0.39 is 0 Å². The van der Waals surface area contributed by atoms with E-state index >= 15 is 0 Å². The SMILES string of the molecule is CCOCCN1CCN(C(=O)C2CNC2)CC1CC. The van der Waals surface area contributed by atoms with Crippen molar-refractivity contribution in [1.82, 2.24) is 15.1 Å². The van der Waals surface area contributed by atoms with Crippen molar-refractivity contribution >= 4 is 5.91 Å². The summed E-state index contributed by atoms with van der Waals surface area (Å²) in [6.07, 6.45) is 1.10. The van der Waals surface area contributed by atoms with Gasteiger partial charge in [-0.3, -0.25) is 9.69 Å². The van der Waals surface area contributed by atoms with Crippen molar-refractivity contribution in [2.75, 3.05) is 52.5 Å². The van der Waals surface area contributed by atoms with Crippen molar-refractivity contribution in [2.24, 2.45) is 5.92 Å². The summed E-state index contributed by atoms with van der Waals surface area (Å²) in [4.78, 5) is 16.8. The van der Waals surface area contributed by atoms with E-state index in [1.807, 2.05) is 6.92 Å². The van der Waals surface area contributed by atoms with Crippen LogP contribution in [0.3, 0.4) is 0 Å². The first-order valence-electron chi connectivity index (χ1n) is 7.57. The highest BCUT2D eigenvalue weighted by atomic mass is 16.5. The van der Waals surface area contributed by atoms with Gasteiger partial charge in [-0.2, -0.15) is 0 Å². The van der Waals surface area contributed by atoms with Crippen LogP contribution in [0.2, 0.25) is 0 Å². The minimum atomic E-state index is 0.229. The maximum atomic E-state index is 12.3. The lowest BCUT2D eigenvalue weighted by Gasteiger charge is -2.43. The molecule has 2 fully saturated rings. The Morgan fingerprint density at radius 1 is 1.32 bits per heavy atom. The Hall–Kier alpha value is -0.650. The molecule has 1 N–H and O–H groups in total. The van der Waals surface area contributed by atoms with Crippen LogP contribution in [0.1, 0.15) is 20.3 Å². The third-order valence-electron chi connectivity index (χ3n) is 4.25. The minimum absolute atomic E-state index is 0.229. The highest BCUT2D eigenvalue weighted by molar-refractivity contribution is 5.80. The average Bonchev–Trinajstić information content (AvgIpc) is 2.37. The topological polar surface area (TPSA) is 44.8 Å². The number of hydrogen-bond acceptors (Lipinski definition) is 4. The van der Waals surface area contributed by atoms with Crippen molar-refractivity contribution in [2.45, 2.75) is 26.3 Å². The number of carbonyl (C=O) groups excluding carboxylic acids is 1. The Morgan fingerprint density at radius 3 is 2.68 bits per heavy atom. The summed E-state index contributed by atoms with van der Waals surface area (Å²) in [5.74, 6) is 0.578. The number of ether oxygens (including phenoxy) is 1. The van der Waals surface area contributed by atoms with Gasteiger partial charge in [0.05, 0.1) is 12.5 Å². The van der Waals surface area contributed by atoms with Crippen LogP contribution >= 0.6 is 0 Å². The first-order valence-corrected chi connectivity index (χ1v) is 7.57. The molecule has 0 aromatic heterocycles. The monoisotopic (exact) mass is 269 g/mol. The highest BCUT2D eigenvalue weighted by Crippen LogP contribution is 2.16. The van der Waals surface area contributed by atoms with E-state index in [0.29, 0.717) is 11.9 Å². The van der Waals surface area contributed by atoms with E-state index in [4.69, 9.17) is 4.74 Å². The van der Waals surface area contributed by atoms with E-state index in [2.05, 4.69) is 22.0 Å². The van der Waals surface area contributed by atoms with Gasteiger partial charge in [-0.15, -0.1) is 0 Å². The highest BCUT2D eigenvalue weighted by Gasteiger charge is 2.33. The van der Waals surface area contributed by atoms with Gasteiger partial charge in [-0.1, -0.05) is 6.92 Å². The van der Waals surface area contributed by atoms with Crippen molar-refractivity contribution in [1.29, 1.82) is 0 Å². The van der Waals surface area contributed by atoms with Crippen molar-refractivity contribution in [3.8, 4) is 0 Å². The lowest BCUT2D eigenvalue weighted by atomic mass is 10.00. The molecule has 0 saturated carbocycles. The second kappa shape index (κ2) is 7.22. The van der Waals surface area contributed by atoms with Gasteiger partial charge >= 0.3 is 0 Å². The third-order valence-corrected chi connectivity index (χ3v) is 4.25. The summed E-state index contributed by atoms with van der Waals surface area (Å²) in [7, 11) is 0. The number of piperazine rings is 1. The molecule has 2 heterocycles. The summed E-state index contributed by atoms with van der Waals surface area (Å²) in [5, 5.41) is 3.18. The Balaban J connectivity index is 1.80. The van der Waals surface area contributed by atoms with Gasteiger partial charge in [0.1, 0.15) is 0 Å². The lowest BCUT2D eigenvalue weighted by molar-refractivity contribution is -0.140. The molecule has 110 valence electrons. The fraction of sp³-hybridized carbons (Fsp3) is 0.929. The zero-order chi connectivity index (χ0) is 13.7. The van der Waals surface area contributed by atoms with Crippen LogP contribution in [0.4, 0.5) is 0 Å². The average molecular weight is 269 g/mol. The summed E-state index contributed by atoms with van der Waals surface area (Å²) >= 11 is 0. The number of nitrogens with one attached hydrogen (secondary N) is 1. The van der Waals surface area contributed by atoms with Gasteiger partial charge in [0.2, 0.25) is 5.91 Å². The zero-order valence-electron chi connectivity index (χ0n) is 12.2. The molecule has 0 radical (unpaired) electrons. The van der Waals surface area contributed by atoms with Crippen molar-refractivity contribution in [3.05, 3.63) is 0 Å². The molecule has 0 aromatic rings. The number of nitrogens with zero attached hydrogens (tertiary/aromatic N) is 2. The largest absolute Gasteiger partial charge is 0.380 e. The van der Waals surface area contributed by atoms with Crippen LogP contribution in [0.15, 0.2) is 0 Å². The molecule has 0 bridgehead atoms. The van der Waals surface area contributed by atoms with E-state index in [-0.39, 0.29) is 5.92 Å². The van der Waals surface area contributed by atoms with E-state index in [1.54, 1.807) is 0 Å². The van der Waals surface area contributed by atoms with Crippen LogP contribution < -0.4 is 5.32 Å². The molecular formula is C14H27N3O2. The summed E-state index contributed by atoms with van der Waals surface area (Å²) in [5.41, 5.74) is 0.